The predicted molar refractivity (Wildman–Crippen MR) is 121 cm³/mol. The molecule has 0 unspecified atom stereocenters. The second kappa shape index (κ2) is 10.7. The van der Waals surface area contributed by atoms with Gasteiger partial charge in [0.1, 0.15) is 12.4 Å². The number of carbonyl (C=O) groups excluding carboxylic acids is 1. The fourth-order valence-electron chi connectivity index (χ4n) is 2.55. The molecule has 0 radical (unpaired) electrons. The van der Waals surface area contributed by atoms with Gasteiger partial charge in [-0.3, -0.25) is 4.79 Å². The summed E-state index contributed by atoms with van der Waals surface area (Å²) in [6.45, 7) is 2.05. The number of nitrogens with zero attached hydrogens (tertiary/aromatic N) is 1. The van der Waals surface area contributed by atoms with E-state index in [1.54, 1.807) is 24.3 Å². The monoisotopic (exact) mass is 442 g/mol. The van der Waals surface area contributed by atoms with Gasteiger partial charge < -0.3 is 14.9 Å². The van der Waals surface area contributed by atoms with Gasteiger partial charge in [-0.1, -0.05) is 64.3 Å². The second-order valence-electron chi connectivity index (χ2n) is 6.48. The quantitative estimate of drug-likeness (QED) is 0.350. The molecule has 0 heterocycles. The van der Waals surface area contributed by atoms with Crippen molar-refractivity contribution >= 4 is 41.0 Å². The number of hydrogen-bond acceptors (Lipinski definition) is 4. The number of amides is 1. The Labute approximate surface area is 185 Å². The number of nitrogens with one attached hydrogen (secondary N) is 1. The molecule has 1 amide bonds. The van der Waals surface area contributed by atoms with Gasteiger partial charge in [0, 0.05) is 26.9 Å². The molecule has 1 N–H and O–H groups in total. The SMILES string of the molecule is Cc1ccc(NC(=O)CO/N=C/c2cc(Cl)ccc2OCc2ccccc2Cl)cc1. The second-order valence-corrected chi connectivity index (χ2v) is 7.33. The van der Waals surface area contributed by atoms with Crippen molar-refractivity contribution in [2.24, 2.45) is 5.16 Å². The zero-order valence-electron chi connectivity index (χ0n) is 16.3. The van der Waals surface area contributed by atoms with Gasteiger partial charge in [0.05, 0.1) is 6.21 Å². The average Bonchev–Trinajstić information content (AvgIpc) is 2.73. The molecule has 0 aliphatic carbocycles. The van der Waals surface area contributed by atoms with E-state index in [-0.39, 0.29) is 12.5 Å². The summed E-state index contributed by atoms with van der Waals surface area (Å²) in [4.78, 5) is 17.1. The first-order chi connectivity index (χ1) is 14.5. The van der Waals surface area contributed by atoms with Crippen molar-refractivity contribution in [1.82, 2.24) is 0 Å². The van der Waals surface area contributed by atoms with Crippen molar-refractivity contribution in [1.29, 1.82) is 0 Å². The van der Waals surface area contributed by atoms with Crippen molar-refractivity contribution in [2.45, 2.75) is 13.5 Å². The smallest absolute Gasteiger partial charge is 0.265 e. The zero-order chi connectivity index (χ0) is 21.3. The highest BCUT2D eigenvalue weighted by Gasteiger charge is 2.07. The number of ether oxygens (including phenoxy) is 1. The van der Waals surface area contributed by atoms with E-state index in [1.165, 1.54) is 6.21 Å². The van der Waals surface area contributed by atoms with E-state index in [0.29, 0.717) is 33.7 Å². The van der Waals surface area contributed by atoms with Crippen LogP contribution in [0.25, 0.3) is 0 Å². The summed E-state index contributed by atoms with van der Waals surface area (Å²) in [7, 11) is 0. The van der Waals surface area contributed by atoms with E-state index in [4.69, 9.17) is 32.8 Å². The summed E-state index contributed by atoms with van der Waals surface area (Å²) in [5.41, 5.74) is 3.29. The summed E-state index contributed by atoms with van der Waals surface area (Å²) in [5, 5.41) is 7.75. The first-order valence-electron chi connectivity index (χ1n) is 9.19. The summed E-state index contributed by atoms with van der Waals surface area (Å²) in [5.74, 6) is 0.257. The van der Waals surface area contributed by atoms with Gasteiger partial charge in [-0.05, 0) is 43.3 Å². The lowest BCUT2D eigenvalue weighted by molar-refractivity contribution is -0.120. The van der Waals surface area contributed by atoms with E-state index in [0.717, 1.165) is 11.1 Å². The highest BCUT2D eigenvalue weighted by Crippen LogP contribution is 2.24. The molecule has 3 aromatic carbocycles. The fourth-order valence-corrected chi connectivity index (χ4v) is 2.92. The summed E-state index contributed by atoms with van der Waals surface area (Å²) >= 11 is 12.2. The third-order valence-corrected chi connectivity index (χ3v) is 4.71. The number of aryl methyl sites for hydroxylation is 1. The third kappa shape index (κ3) is 6.51. The number of anilines is 1. The van der Waals surface area contributed by atoms with Crippen LogP contribution in [0, 0.1) is 6.92 Å². The van der Waals surface area contributed by atoms with Crippen LogP contribution in [0.4, 0.5) is 5.69 Å². The highest BCUT2D eigenvalue weighted by atomic mass is 35.5. The highest BCUT2D eigenvalue weighted by molar-refractivity contribution is 6.31. The number of benzene rings is 3. The Hall–Kier alpha value is -3.02. The Balaban J connectivity index is 1.56. The minimum atomic E-state index is -0.308. The fraction of sp³-hybridized carbons (Fsp3) is 0.130. The van der Waals surface area contributed by atoms with Crippen LogP contribution in [-0.4, -0.2) is 18.7 Å². The largest absolute Gasteiger partial charge is 0.488 e. The lowest BCUT2D eigenvalue weighted by Crippen LogP contribution is -2.16. The molecule has 0 atom stereocenters. The first-order valence-corrected chi connectivity index (χ1v) is 9.94. The molecule has 3 rings (SSSR count). The van der Waals surface area contributed by atoms with Crippen molar-refractivity contribution in [3.8, 4) is 5.75 Å². The van der Waals surface area contributed by atoms with E-state index in [2.05, 4.69) is 10.5 Å². The third-order valence-electron chi connectivity index (χ3n) is 4.11. The molecule has 0 aromatic heterocycles. The Morgan fingerprint density at radius 3 is 2.60 bits per heavy atom. The van der Waals surface area contributed by atoms with Crippen LogP contribution in [-0.2, 0) is 16.2 Å². The number of hydrogen-bond donors (Lipinski definition) is 1. The number of carbonyl (C=O) groups is 1. The normalized spacial score (nSPS) is 10.8. The molecule has 5 nitrogen and oxygen atoms in total. The van der Waals surface area contributed by atoms with Crippen LogP contribution in [0.15, 0.2) is 71.9 Å². The number of halogens is 2. The van der Waals surface area contributed by atoms with Gasteiger partial charge in [-0.25, -0.2) is 0 Å². The molecule has 154 valence electrons. The van der Waals surface area contributed by atoms with Gasteiger partial charge in [0.25, 0.3) is 5.91 Å². The lowest BCUT2D eigenvalue weighted by Gasteiger charge is -2.10. The summed E-state index contributed by atoms with van der Waals surface area (Å²) in [6.07, 6.45) is 1.45. The van der Waals surface area contributed by atoms with Crippen LogP contribution in [0.1, 0.15) is 16.7 Å². The van der Waals surface area contributed by atoms with Crippen molar-refractivity contribution in [3.63, 3.8) is 0 Å². The Morgan fingerprint density at radius 1 is 1.07 bits per heavy atom. The molecule has 0 spiro atoms. The Morgan fingerprint density at radius 2 is 1.83 bits per heavy atom. The Bertz CT molecular complexity index is 1040. The zero-order valence-corrected chi connectivity index (χ0v) is 17.8. The number of oxime groups is 1. The molecule has 0 saturated heterocycles. The minimum Gasteiger partial charge on any atom is -0.488 e. The maximum absolute atomic E-state index is 12.0. The van der Waals surface area contributed by atoms with E-state index in [9.17, 15) is 4.79 Å². The van der Waals surface area contributed by atoms with Gasteiger partial charge in [-0.15, -0.1) is 0 Å². The standard InChI is InChI=1S/C23H20Cl2N2O3/c1-16-6-9-20(10-7-16)27-23(28)15-30-26-13-18-12-19(24)8-11-22(18)29-14-17-4-2-3-5-21(17)25/h2-13H,14-15H2,1H3,(H,27,28)/b26-13+. The van der Waals surface area contributed by atoms with Gasteiger partial charge in [0.15, 0.2) is 6.61 Å². The van der Waals surface area contributed by atoms with Crippen molar-refractivity contribution in [3.05, 3.63) is 93.5 Å². The summed E-state index contributed by atoms with van der Waals surface area (Å²) < 4.78 is 5.86. The topological polar surface area (TPSA) is 59.9 Å². The number of rotatable bonds is 8. The molecule has 0 fully saturated rings. The van der Waals surface area contributed by atoms with Crippen LogP contribution < -0.4 is 10.1 Å². The maximum atomic E-state index is 12.0. The molecular formula is C23H20Cl2N2O3. The van der Waals surface area contributed by atoms with Gasteiger partial charge >= 0.3 is 0 Å². The lowest BCUT2D eigenvalue weighted by atomic mass is 10.2. The van der Waals surface area contributed by atoms with Crippen LogP contribution in [0.5, 0.6) is 5.75 Å². The van der Waals surface area contributed by atoms with Crippen molar-refractivity contribution < 1.29 is 14.4 Å². The molecule has 0 aliphatic heterocycles. The molecule has 0 aliphatic rings. The van der Waals surface area contributed by atoms with Crippen LogP contribution in [0.3, 0.4) is 0 Å². The first kappa shape index (κ1) is 21.7. The van der Waals surface area contributed by atoms with Crippen molar-refractivity contribution in [2.75, 3.05) is 11.9 Å². The van der Waals surface area contributed by atoms with E-state index >= 15 is 0 Å². The predicted octanol–water partition coefficient (Wildman–Crippen LogP) is 5.87. The molecule has 30 heavy (non-hydrogen) atoms. The average molecular weight is 443 g/mol. The Kier molecular flexibility index (Phi) is 7.71. The van der Waals surface area contributed by atoms with Crippen LogP contribution in [0.2, 0.25) is 10.0 Å². The van der Waals surface area contributed by atoms with E-state index < -0.39 is 0 Å². The molecule has 0 bridgehead atoms. The minimum absolute atomic E-state index is 0.221. The van der Waals surface area contributed by atoms with Crippen LogP contribution >= 0.6 is 23.2 Å². The molecule has 7 heteroatoms. The molecule has 3 aromatic rings. The molecular weight excluding hydrogens is 423 g/mol. The van der Waals surface area contributed by atoms with Gasteiger partial charge in [-0.2, -0.15) is 0 Å². The van der Waals surface area contributed by atoms with Gasteiger partial charge in [0.2, 0.25) is 0 Å². The molecule has 0 saturated carbocycles. The van der Waals surface area contributed by atoms with E-state index in [1.807, 2.05) is 49.4 Å². The maximum Gasteiger partial charge on any atom is 0.265 e. The summed E-state index contributed by atoms with van der Waals surface area (Å²) in [6, 6.07) is 20.1.